The summed E-state index contributed by atoms with van der Waals surface area (Å²) in [4.78, 5) is 29.3. The molecule has 0 aromatic heterocycles. The van der Waals surface area contributed by atoms with Crippen LogP contribution in [0.1, 0.15) is 71.1 Å². The second-order valence-corrected chi connectivity index (χ2v) is 4.98. The first-order valence-corrected chi connectivity index (χ1v) is 7.75. The Balaban J connectivity index is 0. The van der Waals surface area contributed by atoms with Crippen LogP contribution in [0.5, 0.6) is 0 Å². The summed E-state index contributed by atoms with van der Waals surface area (Å²) in [5.41, 5.74) is 0. The van der Waals surface area contributed by atoms with Gasteiger partial charge in [0.05, 0.1) is 0 Å². The lowest BCUT2D eigenvalue weighted by atomic mass is 10.1. The van der Waals surface area contributed by atoms with Gasteiger partial charge >= 0.3 is 17.9 Å². The Morgan fingerprint density at radius 2 is 1.05 bits per heavy atom. The Labute approximate surface area is 131 Å². The molecule has 6 nitrogen and oxygen atoms in total. The minimum atomic E-state index is -1.26. The first-order valence-electron chi connectivity index (χ1n) is 7.75. The Morgan fingerprint density at radius 1 is 0.682 bits per heavy atom. The maximum absolute atomic E-state index is 10.2. The Morgan fingerprint density at radius 3 is 1.36 bits per heavy atom. The van der Waals surface area contributed by atoms with Gasteiger partial charge < -0.3 is 15.3 Å². The van der Waals surface area contributed by atoms with Gasteiger partial charge in [0.1, 0.15) is 0 Å². The van der Waals surface area contributed by atoms with Gasteiger partial charge in [-0.05, 0) is 6.42 Å². The fourth-order valence-electron chi connectivity index (χ4n) is 1.73. The summed E-state index contributed by atoms with van der Waals surface area (Å²) in [5, 5.41) is 24.0. The number of unbranched alkanes of at least 4 members (excludes halogenated alkanes) is 8. The highest BCUT2D eigenvalue weighted by molar-refractivity contribution is 5.89. The summed E-state index contributed by atoms with van der Waals surface area (Å²) in [6.07, 6.45) is 12.6. The van der Waals surface area contributed by atoms with Gasteiger partial charge in [-0.1, -0.05) is 58.3 Å². The van der Waals surface area contributed by atoms with Crippen LogP contribution >= 0.6 is 0 Å². The van der Waals surface area contributed by atoms with Crippen LogP contribution in [0.2, 0.25) is 0 Å². The molecule has 0 amide bonds. The van der Waals surface area contributed by atoms with E-state index in [1.54, 1.807) is 0 Å². The molecule has 0 atom stereocenters. The van der Waals surface area contributed by atoms with Crippen LogP contribution in [0.15, 0.2) is 12.2 Å². The van der Waals surface area contributed by atoms with Gasteiger partial charge in [0.15, 0.2) is 0 Å². The smallest absolute Gasteiger partial charge is 0.328 e. The summed E-state index contributed by atoms with van der Waals surface area (Å²) < 4.78 is 0. The van der Waals surface area contributed by atoms with Crippen LogP contribution in [-0.2, 0) is 14.4 Å². The van der Waals surface area contributed by atoms with E-state index in [1.807, 2.05) is 0 Å². The molecular formula is C16H28O6. The van der Waals surface area contributed by atoms with E-state index >= 15 is 0 Å². The molecule has 0 saturated heterocycles. The van der Waals surface area contributed by atoms with E-state index in [0.717, 1.165) is 12.8 Å². The van der Waals surface area contributed by atoms with Crippen molar-refractivity contribution in [3.63, 3.8) is 0 Å². The molecule has 0 heterocycles. The van der Waals surface area contributed by atoms with Crippen LogP contribution < -0.4 is 0 Å². The SMILES string of the molecule is CCCCCCCCCCCC(=O)O.O=C(O)/C=C/C(=O)O. The minimum absolute atomic E-state index is 0.343. The normalized spacial score (nSPS) is 10.0. The van der Waals surface area contributed by atoms with Crippen molar-refractivity contribution in [1.82, 2.24) is 0 Å². The van der Waals surface area contributed by atoms with Gasteiger partial charge in [0, 0.05) is 18.6 Å². The molecule has 3 N–H and O–H groups in total. The molecule has 0 bridgehead atoms. The zero-order chi connectivity index (χ0) is 17.2. The van der Waals surface area contributed by atoms with Gasteiger partial charge in [-0.15, -0.1) is 0 Å². The first-order chi connectivity index (χ1) is 10.4. The van der Waals surface area contributed by atoms with E-state index in [4.69, 9.17) is 15.3 Å². The molecule has 0 aliphatic carbocycles. The maximum atomic E-state index is 10.2. The van der Waals surface area contributed by atoms with Gasteiger partial charge in [0.25, 0.3) is 0 Å². The molecule has 0 spiro atoms. The van der Waals surface area contributed by atoms with E-state index < -0.39 is 17.9 Å². The molecule has 128 valence electrons. The van der Waals surface area contributed by atoms with Crippen molar-refractivity contribution in [3.05, 3.63) is 12.2 Å². The molecule has 0 radical (unpaired) electrons. The fraction of sp³-hybridized carbons (Fsp3) is 0.688. The highest BCUT2D eigenvalue weighted by atomic mass is 16.4. The van der Waals surface area contributed by atoms with Crippen molar-refractivity contribution in [2.24, 2.45) is 0 Å². The Hall–Kier alpha value is -1.85. The number of aliphatic carboxylic acids is 3. The highest BCUT2D eigenvalue weighted by Gasteiger charge is 1.96. The van der Waals surface area contributed by atoms with Crippen LogP contribution in [-0.4, -0.2) is 33.2 Å². The number of rotatable bonds is 12. The molecule has 0 unspecified atom stereocenters. The van der Waals surface area contributed by atoms with E-state index in [2.05, 4.69) is 6.92 Å². The number of hydrogen-bond donors (Lipinski definition) is 3. The largest absolute Gasteiger partial charge is 0.481 e. The summed E-state index contributed by atoms with van der Waals surface area (Å²) in [6.45, 7) is 2.23. The van der Waals surface area contributed by atoms with Crippen molar-refractivity contribution >= 4 is 17.9 Å². The molecule has 0 aromatic rings. The summed E-state index contributed by atoms with van der Waals surface area (Å²) in [7, 11) is 0. The molecule has 0 saturated carbocycles. The summed E-state index contributed by atoms with van der Waals surface area (Å²) >= 11 is 0. The zero-order valence-electron chi connectivity index (χ0n) is 13.3. The number of hydrogen-bond acceptors (Lipinski definition) is 3. The standard InChI is InChI=1S/C12H24O2.C4H4O4/c1-2-3-4-5-6-7-8-9-10-11-12(13)14;5-3(6)1-2-4(7)8/h2-11H2,1H3,(H,13,14);1-2H,(H,5,6)(H,7,8)/b;2-1+. The van der Waals surface area contributed by atoms with Gasteiger partial charge in [-0.3, -0.25) is 4.79 Å². The van der Waals surface area contributed by atoms with Crippen LogP contribution in [0.3, 0.4) is 0 Å². The van der Waals surface area contributed by atoms with E-state index in [0.29, 0.717) is 18.6 Å². The molecular weight excluding hydrogens is 288 g/mol. The molecule has 22 heavy (non-hydrogen) atoms. The minimum Gasteiger partial charge on any atom is -0.481 e. The maximum Gasteiger partial charge on any atom is 0.328 e. The molecule has 0 fully saturated rings. The third-order valence-corrected chi connectivity index (χ3v) is 2.86. The lowest BCUT2D eigenvalue weighted by Crippen LogP contribution is -1.93. The number of carbonyl (C=O) groups is 3. The summed E-state index contributed by atoms with van der Waals surface area (Å²) in [6, 6.07) is 0. The predicted molar refractivity (Wildman–Crippen MR) is 83.9 cm³/mol. The average molecular weight is 316 g/mol. The van der Waals surface area contributed by atoms with Crippen molar-refractivity contribution in [3.8, 4) is 0 Å². The van der Waals surface area contributed by atoms with Crippen molar-refractivity contribution in [2.75, 3.05) is 0 Å². The third kappa shape index (κ3) is 26.7. The van der Waals surface area contributed by atoms with Crippen LogP contribution in [0.4, 0.5) is 0 Å². The molecule has 6 heteroatoms. The van der Waals surface area contributed by atoms with Gasteiger partial charge in [-0.2, -0.15) is 0 Å². The molecule has 0 aliphatic heterocycles. The lowest BCUT2D eigenvalue weighted by molar-refractivity contribution is -0.137. The van der Waals surface area contributed by atoms with E-state index in [1.165, 1.54) is 44.9 Å². The van der Waals surface area contributed by atoms with Crippen LogP contribution in [0, 0.1) is 0 Å². The Bertz CT molecular complexity index is 320. The van der Waals surface area contributed by atoms with Crippen LogP contribution in [0.25, 0.3) is 0 Å². The Kier molecular flexibility index (Phi) is 17.5. The zero-order valence-corrected chi connectivity index (χ0v) is 13.3. The van der Waals surface area contributed by atoms with E-state index in [9.17, 15) is 14.4 Å². The average Bonchev–Trinajstić information content (AvgIpc) is 2.44. The second-order valence-electron chi connectivity index (χ2n) is 4.98. The second kappa shape index (κ2) is 17.2. The lowest BCUT2D eigenvalue weighted by Gasteiger charge is -2.00. The van der Waals surface area contributed by atoms with Gasteiger partial charge in [0.2, 0.25) is 0 Å². The quantitative estimate of drug-likeness (QED) is 0.374. The van der Waals surface area contributed by atoms with Crippen molar-refractivity contribution < 1.29 is 29.7 Å². The predicted octanol–water partition coefficient (Wildman–Crippen LogP) is 3.70. The molecule has 0 rings (SSSR count). The molecule has 0 aromatic carbocycles. The van der Waals surface area contributed by atoms with Crippen molar-refractivity contribution in [1.29, 1.82) is 0 Å². The fourth-order valence-corrected chi connectivity index (χ4v) is 1.73. The highest BCUT2D eigenvalue weighted by Crippen LogP contribution is 2.10. The first kappa shape index (κ1) is 22.4. The van der Waals surface area contributed by atoms with E-state index in [-0.39, 0.29) is 0 Å². The summed E-state index contributed by atoms with van der Waals surface area (Å²) in [5.74, 6) is -3.17. The third-order valence-electron chi connectivity index (χ3n) is 2.86. The van der Waals surface area contributed by atoms with Gasteiger partial charge in [-0.25, -0.2) is 9.59 Å². The topological polar surface area (TPSA) is 112 Å². The number of carboxylic acid groups (broad SMARTS) is 3. The molecule has 0 aliphatic rings. The number of carboxylic acids is 3. The monoisotopic (exact) mass is 316 g/mol. The van der Waals surface area contributed by atoms with Crippen molar-refractivity contribution in [2.45, 2.75) is 71.1 Å².